The normalized spacial score (nSPS) is 28.5. The molecular weight excluding hydrogens is 554 g/mol. The number of aliphatic hydroxyl groups excluding tert-OH is 1. The van der Waals surface area contributed by atoms with Gasteiger partial charge in [-0.2, -0.15) is 0 Å². The minimum absolute atomic E-state index is 0.0651. The van der Waals surface area contributed by atoms with E-state index in [1.165, 1.54) is 0 Å². The Morgan fingerprint density at radius 3 is 2.23 bits per heavy atom. The number of anilines is 1. The Balaban J connectivity index is 1.88. The summed E-state index contributed by atoms with van der Waals surface area (Å²) < 4.78 is 7.04. The zero-order valence-electron chi connectivity index (χ0n) is 27.8. The molecule has 3 amide bonds. The zero-order valence-corrected chi connectivity index (χ0v) is 27.8. The van der Waals surface area contributed by atoms with Crippen molar-refractivity contribution in [1.82, 2.24) is 9.80 Å². The van der Waals surface area contributed by atoms with Gasteiger partial charge in [0.1, 0.15) is 11.6 Å². The minimum atomic E-state index is -1.18. The monoisotopic (exact) mass is 607 g/mol. The minimum Gasteiger partial charge on any atom is -0.394 e. The lowest BCUT2D eigenvalue weighted by Gasteiger charge is -2.46. The van der Waals surface area contributed by atoms with Gasteiger partial charge in [-0.3, -0.25) is 14.4 Å². The second-order valence-corrected chi connectivity index (χ2v) is 14.7. The third kappa shape index (κ3) is 5.53. The van der Waals surface area contributed by atoms with E-state index in [0.29, 0.717) is 32.2 Å². The highest BCUT2D eigenvalue weighted by atomic mass is 16.5. The molecule has 6 atom stereocenters. The second-order valence-electron chi connectivity index (χ2n) is 14.7. The maximum absolute atomic E-state index is 15.0. The topological polar surface area (TPSA) is 90.4 Å². The Morgan fingerprint density at radius 2 is 1.70 bits per heavy atom. The standard InChI is InChI=1S/C36H53N3O5/c1-10-21-37(26-17-15-14-16-18-26)30(41)27-28-31(42)39(25(12-3)23-40)29(36(28)20-19-35(27,13-4)44-36)32(43)38(22-11-2)34(8,9)24-33(5,6)7/h10-11,14-18,25,27-29,40H,1-2,12-13,19-24H2,3-9H3/t25-,27+,28-,29?,35-,36?/m0/s1. The molecule has 3 aliphatic heterocycles. The fourth-order valence-electron chi connectivity index (χ4n) is 8.65. The van der Waals surface area contributed by atoms with Crippen LogP contribution in [0.5, 0.6) is 0 Å². The molecule has 0 radical (unpaired) electrons. The number of ether oxygens (including phenoxy) is 1. The number of nitrogens with zero attached hydrogens (tertiary/aromatic N) is 3. The molecule has 242 valence electrons. The summed E-state index contributed by atoms with van der Waals surface area (Å²) in [5.74, 6) is -2.31. The highest BCUT2D eigenvalue weighted by Crippen LogP contribution is 2.65. The van der Waals surface area contributed by atoms with Crippen LogP contribution in [0.2, 0.25) is 0 Å². The molecule has 2 unspecified atom stereocenters. The van der Waals surface area contributed by atoms with E-state index in [1.807, 2.05) is 49.1 Å². The van der Waals surface area contributed by atoms with Crippen molar-refractivity contribution in [3.63, 3.8) is 0 Å². The van der Waals surface area contributed by atoms with Gasteiger partial charge in [-0.15, -0.1) is 13.2 Å². The highest BCUT2D eigenvalue weighted by molar-refractivity contribution is 6.03. The van der Waals surface area contributed by atoms with Gasteiger partial charge in [0.2, 0.25) is 17.7 Å². The number of fused-ring (bicyclic) bond motifs is 1. The molecule has 0 aliphatic carbocycles. The third-order valence-corrected chi connectivity index (χ3v) is 10.1. The summed E-state index contributed by atoms with van der Waals surface area (Å²) in [7, 11) is 0. The van der Waals surface area contributed by atoms with Crippen LogP contribution in [0.3, 0.4) is 0 Å². The average molecular weight is 608 g/mol. The summed E-state index contributed by atoms with van der Waals surface area (Å²) in [5.41, 5.74) is -1.96. The number of benzene rings is 1. The number of carbonyl (C=O) groups is 3. The number of hydrogen-bond donors (Lipinski definition) is 1. The summed E-state index contributed by atoms with van der Waals surface area (Å²) in [6.07, 6.45) is 6.20. The third-order valence-electron chi connectivity index (χ3n) is 10.1. The van der Waals surface area contributed by atoms with E-state index in [4.69, 9.17) is 4.74 Å². The van der Waals surface area contributed by atoms with Crippen LogP contribution in [0.25, 0.3) is 0 Å². The van der Waals surface area contributed by atoms with Gasteiger partial charge < -0.3 is 24.5 Å². The molecule has 0 saturated carbocycles. The van der Waals surface area contributed by atoms with Gasteiger partial charge >= 0.3 is 0 Å². The Bertz CT molecular complexity index is 1250. The van der Waals surface area contributed by atoms with Crippen LogP contribution in [-0.2, 0) is 19.1 Å². The van der Waals surface area contributed by atoms with Crippen LogP contribution in [0.4, 0.5) is 5.69 Å². The van der Waals surface area contributed by atoms with Crippen molar-refractivity contribution in [3.8, 4) is 0 Å². The number of likely N-dealkylation sites (tertiary alicyclic amines) is 1. The lowest BCUT2D eigenvalue weighted by molar-refractivity contribution is -0.160. The summed E-state index contributed by atoms with van der Waals surface area (Å²) in [6.45, 7) is 22.6. The lowest BCUT2D eigenvalue weighted by atomic mass is 9.64. The first-order valence-electron chi connectivity index (χ1n) is 16.2. The second kappa shape index (κ2) is 12.4. The molecule has 1 N–H and O–H groups in total. The van der Waals surface area contributed by atoms with Crippen molar-refractivity contribution in [3.05, 3.63) is 55.6 Å². The van der Waals surface area contributed by atoms with Gasteiger partial charge in [0.15, 0.2) is 0 Å². The van der Waals surface area contributed by atoms with Crippen molar-refractivity contribution in [1.29, 1.82) is 0 Å². The van der Waals surface area contributed by atoms with E-state index < -0.39 is 40.7 Å². The molecule has 3 fully saturated rings. The molecule has 4 rings (SSSR count). The molecule has 1 spiro atoms. The Kier molecular flexibility index (Phi) is 9.58. The van der Waals surface area contributed by atoms with E-state index in [-0.39, 0.29) is 36.3 Å². The van der Waals surface area contributed by atoms with Crippen LogP contribution in [0.1, 0.15) is 80.6 Å². The average Bonchev–Trinajstić information content (AvgIpc) is 3.57. The molecule has 1 aromatic rings. The fraction of sp³-hybridized carbons (Fsp3) is 0.639. The van der Waals surface area contributed by atoms with Crippen LogP contribution in [-0.4, -0.2) is 81.1 Å². The number of carbonyl (C=O) groups excluding carboxylic acids is 3. The molecule has 3 aliphatic rings. The van der Waals surface area contributed by atoms with Gasteiger partial charge in [0, 0.05) is 24.3 Å². The molecule has 3 saturated heterocycles. The molecule has 8 nitrogen and oxygen atoms in total. The Hall–Kier alpha value is -2.97. The van der Waals surface area contributed by atoms with Crippen LogP contribution >= 0.6 is 0 Å². The number of rotatable bonds is 13. The van der Waals surface area contributed by atoms with Crippen molar-refractivity contribution in [2.45, 2.75) is 109 Å². The first kappa shape index (κ1) is 33.9. The largest absolute Gasteiger partial charge is 0.394 e. The first-order valence-corrected chi connectivity index (χ1v) is 16.2. The molecule has 1 aromatic carbocycles. The SMILES string of the molecule is C=CCN(C(=O)[C@H]1[C@H]2C(=O)N([C@@H](CC)CO)C(C(=O)N(CC=C)C(C)(C)CC(C)(C)C)C23CC[C@]1(CC)O3)c1ccccc1. The van der Waals surface area contributed by atoms with E-state index in [0.717, 1.165) is 12.1 Å². The number of aliphatic hydroxyl groups is 1. The Labute approximate surface area is 264 Å². The number of hydrogen-bond acceptors (Lipinski definition) is 5. The zero-order chi connectivity index (χ0) is 32.7. The smallest absolute Gasteiger partial charge is 0.249 e. The molecule has 8 heteroatoms. The molecule has 3 heterocycles. The van der Waals surface area contributed by atoms with E-state index in [2.05, 4.69) is 47.8 Å². The lowest BCUT2D eigenvalue weighted by Crippen LogP contribution is -2.62. The van der Waals surface area contributed by atoms with Gasteiger partial charge in [-0.1, -0.05) is 65.0 Å². The molecule has 0 aromatic heterocycles. The van der Waals surface area contributed by atoms with Crippen LogP contribution in [0.15, 0.2) is 55.6 Å². The van der Waals surface area contributed by atoms with Gasteiger partial charge in [0.25, 0.3) is 0 Å². The summed E-state index contributed by atoms with van der Waals surface area (Å²) in [6, 6.07) is 7.86. The maximum atomic E-state index is 15.0. The number of para-hydroxylation sites is 1. The number of amides is 3. The van der Waals surface area contributed by atoms with Crippen molar-refractivity contribution in [2.75, 3.05) is 24.6 Å². The molecule has 44 heavy (non-hydrogen) atoms. The molecule has 2 bridgehead atoms. The maximum Gasteiger partial charge on any atom is 0.249 e. The summed E-state index contributed by atoms with van der Waals surface area (Å²) in [4.78, 5) is 49.6. The quantitative estimate of drug-likeness (QED) is 0.305. The van der Waals surface area contributed by atoms with Crippen LogP contribution in [0, 0.1) is 17.3 Å². The van der Waals surface area contributed by atoms with Gasteiger partial charge in [0.05, 0.1) is 30.1 Å². The predicted molar refractivity (Wildman–Crippen MR) is 174 cm³/mol. The van der Waals surface area contributed by atoms with Crippen molar-refractivity contribution >= 4 is 23.4 Å². The van der Waals surface area contributed by atoms with Gasteiger partial charge in [-0.05, 0) is 63.5 Å². The fourth-order valence-corrected chi connectivity index (χ4v) is 8.65. The van der Waals surface area contributed by atoms with Crippen molar-refractivity contribution < 1.29 is 24.2 Å². The predicted octanol–water partition coefficient (Wildman–Crippen LogP) is 5.36. The van der Waals surface area contributed by atoms with E-state index in [1.54, 1.807) is 22.0 Å². The first-order chi connectivity index (χ1) is 20.7. The summed E-state index contributed by atoms with van der Waals surface area (Å²) >= 11 is 0. The summed E-state index contributed by atoms with van der Waals surface area (Å²) in [5, 5.41) is 10.5. The molecular formula is C36H53N3O5. The van der Waals surface area contributed by atoms with Crippen molar-refractivity contribution in [2.24, 2.45) is 17.3 Å². The van der Waals surface area contributed by atoms with E-state index >= 15 is 4.79 Å². The van der Waals surface area contributed by atoms with E-state index in [9.17, 15) is 14.7 Å². The van der Waals surface area contributed by atoms with Crippen LogP contribution < -0.4 is 4.90 Å². The van der Waals surface area contributed by atoms with Gasteiger partial charge in [-0.25, -0.2) is 0 Å². The Morgan fingerprint density at radius 1 is 1.07 bits per heavy atom. The highest BCUT2D eigenvalue weighted by Gasteiger charge is 2.79.